The van der Waals surface area contributed by atoms with Gasteiger partial charge in [-0.3, -0.25) is 4.79 Å². The van der Waals surface area contributed by atoms with Crippen LogP contribution in [0, 0.1) is 5.92 Å². The molecule has 9 heteroatoms. The summed E-state index contributed by atoms with van der Waals surface area (Å²) in [7, 11) is -3.79. The number of ether oxygens (including phenoxy) is 1. The Kier molecular flexibility index (Phi) is 5.68. The van der Waals surface area contributed by atoms with Crippen molar-refractivity contribution in [2.75, 3.05) is 39.4 Å². The van der Waals surface area contributed by atoms with Gasteiger partial charge in [-0.05, 0) is 37.5 Å². The summed E-state index contributed by atoms with van der Waals surface area (Å²) in [5.41, 5.74) is 1.16. The van der Waals surface area contributed by atoms with Crippen LogP contribution in [0.4, 0.5) is 0 Å². The average molecular weight is 438 g/mol. The summed E-state index contributed by atoms with van der Waals surface area (Å²) in [5.74, 6) is 0.553. The van der Waals surface area contributed by atoms with E-state index < -0.39 is 10.0 Å². The highest BCUT2D eigenvalue weighted by atomic mass is 35.5. The number of amidine groups is 1. The number of sulfonamides is 1. The number of halogens is 1. The Morgan fingerprint density at radius 2 is 2.07 bits per heavy atom. The second-order valence-corrected chi connectivity index (χ2v) is 9.56. The van der Waals surface area contributed by atoms with Crippen molar-refractivity contribution < 1.29 is 17.9 Å². The monoisotopic (exact) mass is 437 g/mol. The van der Waals surface area contributed by atoms with Crippen molar-refractivity contribution in [1.82, 2.24) is 9.80 Å². The average Bonchev–Trinajstić information content (AvgIpc) is 3.20. The van der Waals surface area contributed by atoms with Crippen LogP contribution in [0.5, 0.6) is 0 Å². The molecule has 2 saturated heterocycles. The van der Waals surface area contributed by atoms with Gasteiger partial charge in [0.1, 0.15) is 10.7 Å². The van der Waals surface area contributed by atoms with Crippen LogP contribution in [0.15, 0.2) is 34.2 Å². The van der Waals surface area contributed by atoms with Gasteiger partial charge in [-0.15, -0.1) is 4.40 Å². The molecule has 0 N–H and O–H groups in total. The minimum absolute atomic E-state index is 0.0539. The van der Waals surface area contributed by atoms with Crippen molar-refractivity contribution in [2.24, 2.45) is 10.3 Å². The summed E-state index contributed by atoms with van der Waals surface area (Å²) in [6.07, 6.45) is 1.53. The standard InChI is InChI=1S/C20H24ClN3O4S/c1-14-18(15-4-2-5-17(21)12-15)29(26,27)22-19(14)23-7-3-8-24(10-9-23)20(25)16-6-11-28-13-16/h2,4-5,12,16H,3,6-11,13H2,1H3. The molecule has 1 aromatic rings. The van der Waals surface area contributed by atoms with Gasteiger partial charge >= 0.3 is 0 Å². The molecule has 0 bridgehead atoms. The number of carbonyl (C=O) groups excluding carboxylic acids is 1. The molecule has 156 valence electrons. The molecule has 0 radical (unpaired) electrons. The van der Waals surface area contributed by atoms with Crippen LogP contribution in [0.2, 0.25) is 5.02 Å². The normalized spacial score (nSPS) is 24.6. The highest BCUT2D eigenvalue weighted by Gasteiger charge is 2.35. The third-order valence-electron chi connectivity index (χ3n) is 5.61. The van der Waals surface area contributed by atoms with Gasteiger partial charge in [-0.1, -0.05) is 23.7 Å². The fourth-order valence-electron chi connectivity index (χ4n) is 4.15. The summed E-state index contributed by atoms with van der Waals surface area (Å²) in [6, 6.07) is 6.81. The molecule has 1 aromatic carbocycles. The molecule has 1 unspecified atom stereocenters. The van der Waals surface area contributed by atoms with Gasteiger partial charge in [0, 0.05) is 43.4 Å². The Hall–Kier alpha value is -1.90. The summed E-state index contributed by atoms with van der Waals surface area (Å²) in [6.45, 7) is 5.33. The molecular weight excluding hydrogens is 414 g/mol. The number of hydrogen-bond acceptors (Lipinski definition) is 5. The van der Waals surface area contributed by atoms with Crippen molar-refractivity contribution in [3.8, 4) is 0 Å². The summed E-state index contributed by atoms with van der Waals surface area (Å²) in [4.78, 5) is 16.8. The molecule has 0 aliphatic carbocycles. The SMILES string of the molecule is CC1=C(c2cccc(Cl)c2)S(=O)(=O)N=C1N1CCCN(C(=O)C2CCOC2)CC1. The van der Waals surface area contributed by atoms with Crippen LogP contribution in [0.1, 0.15) is 25.3 Å². The minimum atomic E-state index is -3.79. The second-order valence-electron chi connectivity index (χ2n) is 7.58. The lowest BCUT2D eigenvalue weighted by Gasteiger charge is -2.25. The van der Waals surface area contributed by atoms with Gasteiger partial charge in [0.05, 0.1) is 12.5 Å². The first-order valence-corrected chi connectivity index (χ1v) is 11.6. The lowest BCUT2D eigenvalue weighted by atomic mass is 10.1. The maximum Gasteiger partial charge on any atom is 0.285 e. The van der Waals surface area contributed by atoms with E-state index in [-0.39, 0.29) is 16.7 Å². The first kappa shape index (κ1) is 20.4. The highest BCUT2D eigenvalue weighted by molar-refractivity contribution is 8.00. The van der Waals surface area contributed by atoms with Crippen LogP contribution in [-0.4, -0.2) is 69.4 Å². The molecular formula is C20H24ClN3O4S. The highest BCUT2D eigenvalue weighted by Crippen LogP contribution is 2.34. The number of carbonyl (C=O) groups is 1. The molecule has 0 saturated carbocycles. The maximum absolute atomic E-state index is 12.8. The van der Waals surface area contributed by atoms with Crippen molar-refractivity contribution in [3.63, 3.8) is 0 Å². The fourth-order valence-corrected chi connectivity index (χ4v) is 5.81. The Morgan fingerprint density at radius 1 is 1.24 bits per heavy atom. The van der Waals surface area contributed by atoms with Crippen molar-refractivity contribution >= 4 is 38.3 Å². The predicted molar refractivity (Wildman–Crippen MR) is 112 cm³/mol. The Morgan fingerprint density at radius 3 is 2.79 bits per heavy atom. The van der Waals surface area contributed by atoms with Crippen molar-refractivity contribution in [2.45, 2.75) is 19.8 Å². The van der Waals surface area contributed by atoms with E-state index in [1.807, 2.05) is 9.80 Å². The molecule has 2 fully saturated rings. The Labute approximate surface area is 176 Å². The topological polar surface area (TPSA) is 79.3 Å². The van der Waals surface area contributed by atoms with E-state index in [4.69, 9.17) is 16.3 Å². The lowest BCUT2D eigenvalue weighted by molar-refractivity contribution is -0.135. The van der Waals surface area contributed by atoms with Gasteiger partial charge in [0.15, 0.2) is 0 Å². The zero-order valence-corrected chi connectivity index (χ0v) is 17.9. The fraction of sp³-hybridized carbons (Fsp3) is 0.500. The van der Waals surface area contributed by atoms with E-state index in [2.05, 4.69) is 4.40 Å². The number of amides is 1. The smallest absolute Gasteiger partial charge is 0.285 e. The van der Waals surface area contributed by atoms with Gasteiger partial charge < -0.3 is 14.5 Å². The van der Waals surface area contributed by atoms with Crippen LogP contribution in [-0.2, 0) is 19.6 Å². The molecule has 3 aliphatic heterocycles. The van der Waals surface area contributed by atoms with E-state index >= 15 is 0 Å². The maximum atomic E-state index is 12.8. The molecule has 0 spiro atoms. The lowest BCUT2D eigenvalue weighted by Crippen LogP contribution is -2.40. The van der Waals surface area contributed by atoms with Crippen LogP contribution in [0.3, 0.4) is 0 Å². The minimum Gasteiger partial charge on any atom is -0.381 e. The van der Waals surface area contributed by atoms with E-state index in [9.17, 15) is 13.2 Å². The van der Waals surface area contributed by atoms with E-state index in [1.54, 1.807) is 31.2 Å². The van der Waals surface area contributed by atoms with Crippen molar-refractivity contribution in [3.05, 3.63) is 40.4 Å². The predicted octanol–water partition coefficient (Wildman–Crippen LogP) is 2.38. The van der Waals surface area contributed by atoms with E-state index in [0.29, 0.717) is 61.4 Å². The first-order valence-electron chi connectivity index (χ1n) is 9.80. The first-order chi connectivity index (χ1) is 13.9. The molecule has 0 aromatic heterocycles. The zero-order valence-electron chi connectivity index (χ0n) is 16.3. The zero-order chi connectivity index (χ0) is 20.6. The molecule has 4 rings (SSSR count). The number of hydrogen-bond donors (Lipinski definition) is 0. The molecule has 3 aliphatic rings. The number of nitrogens with zero attached hydrogens (tertiary/aromatic N) is 3. The second kappa shape index (κ2) is 8.08. The van der Waals surface area contributed by atoms with Gasteiger partial charge in [-0.2, -0.15) is 8.42 Å². The van der Waals surface area contributed by atoms with Crippen LogP contribution in [0.25, 0.3) is 4.91 Å². The number of rotatable bonds is 2. The van der Waals surface area contributed by atoms with Crippen LogP contribution < -0.4 is 0 Å². The summed E-state index contributed by atoms with van der Waals surface area (Å²) < 4.78 is 35.0. The molecule has 3 heterocycles. The van der Waals surface area contributed by atoms with E-state index in [1.165, 1.54) is 0 Å². The molecule has 7 nitrogen and oxygen atoms in total. The molecule has 1 atom stereocenters. The Bertz CT molecular complexity index is 983. The largest absolute Gasteiger partial charge is 0.381 e. The van der Waals surface area contributed by atoms with Gasteiger partial charge in [-0.25, -0.2) is 0 Å². The van der Waals surface area contributed by atoms with Crippen LogP contribution >= 0.6 is 11.6 Å². The molecule has 29 heavy (non-hydrogen) atoms. The Balaban J connectivity index is 1.54. The van der Waals surface area contributed by atoms with E-state index in [0.717, 1.165) is 12.8 Å². The molecule has 1 amide bonds. The van der Waals surface area contributed by atoms with Gasteiger partial charge in [0.2, 0.25) is 5.91 Å². The van der Waals surface area contributed by atoms with Crippen molar-refractivity contribution in [1.29, 1.82) is 0 Å². The third-order valence-corrected chi connectivity index (χ3v) is 7.32. The van der Waals surface area contributed by atoms with Gasteiger partial charge in [0.25, 0.3) is 10.0 Å². The summed E-state index contributed by atoms with van der Waals surface area (Å²) >= 11 is 6.06. The number of benzene rings is 1. The third kappa shape index (κ3) is 4.06. The quantitative estimate of drug-likeness (QED) is 0.709. The summed E-state index contributed by atoms with van der Waals surface area (Å²) in [5, 5.41) is 0.478.